The van der Waals surface area contributed by atoms with Gasteiger partial charge in [0.15, 0.2) is 0 Å². The van der Waals surface area contributed by atoms with E-state index in [4.69, 9.17) is 9.47 Å². The van der Waals surface area contributed by atoms with Crippen LogP contribution in [0.25, 0.3) is 0 Å². The van der Waals surface area contributed by atoms with E-state index >= 15 is 0 Å². The molecule has 0 spiro atoms. The Hall–Kier alpha value is -3.39. The Morgan fingerprint density at radius 1 is 1.04 bits per heavy atom. The Kier molecular flexibility index (Phi) is 9.77. The zero-order valence-corrected chi connectivity index (χ0v) is 15.9. The average molecular weight is 389 g/mol. The van der Waals surface area contributed by atoms with E-state index < -0.39 is 11.9 Å². The van der Waals surface area contributed by atoms with Gasteiger partial charge < -0.3 is 24.6 Å². The van der Waals surface area contributed by atoms with Gasteiger partial charge >= 0.3 is 11.9 Å². The van der Waals surface area contributed by atoms with Crippen molar-refractivity contribution in [1.82, 2.24) is 0 Å². The molecule has 0 bridgehead atoms. The molecule has 28 heavy (non-hydrogen) atoms. The summed E-state index contributed by atoms with van der Waals surface area (Å²) in [6, 6.07) is 13.1. The molecule has 0 aliphatic rings. The molecule has 0 heterocycles. The molecular formula is C20H23NO7. The molecule has 0 saturated carbocycles. The summed E-state index contributed by atoms with van der Waals surface area (Å²) in [4.78, 5) is 34.2. The van der Waals surface area contributed by atoms with Gasteiger partial charge in [0.25, 0.3) is 0 Å². The first-order chi connectivity index (χ1) is 13.4. The Bertz CT molecular complexity index is 790. The molecule has 8 nitrogen and oxygen atoms in total. The molecule has 0 aliphatic heterocycles. The summed E-state index contributed by atoms with van der Waals surface area (Å²) in [6.07, 6.45) is 0.100. The minimum Gasteiger partial charge on any atom is -0.493 e. The summed E-state index contributed by atoms with van der Waals surface area (Å²) in [5, 5.41) is 11.8. The first-order valence-electron chi connectivity index (χ1n) is 8.31. The summed E-state index contributed by atoms with van der Waals surface area (Å²) in [5.41, 5.74) is 0.0755. The fourth-order valence-electron chi connectivity index (χ4n) is 2.02. The van der Waals surface area contributed by atoms with Crippen molar-refractivity contribution >= 4 is 23.5 Å². The van der Waals surface area contributed by atoms with E-state index in [0.717, 1.165) is 0 Å². The molecule has 8 heteroatoms. The standard InChI is InChI=1S/C18H17NO6.C2H6O/c1-12(20)25-16-8-7-13(11-15(16)18(22)23)19-17(21)9-10-24-14-5-3-2-4-6-14;1-3-2/h2-8,11H,9-10H2,1H3,(H,19,21)(H,22,23);1-2H3. The number of hydrogen-bond acceptors (Lipinski definition) is 6. The van der Waals surface area contributed by atoms with Crippen molar-refractivity contribution < 1.29 is 33.7 Å². The number of anilines is 1. The number of rotatable bonds is 7. The number of aromatic carboxylic acids is 1. The summed E-state index contributed by atoms with van der Waals surface area (Å²) in [7, 11) is 3.25. The van der Waals surface area contributed by atoms with Crippen molar-refractivity contribution in [2.75, 3.05) is 26.1 Å². The number of nitrogens with one attached hydrogen (secondary N) is 1. The quantitative estimate of drug-likeness (QED) is 0.553. The van der Waals surface area contributed by atoms with Crippen molar-refractivity contribution in [3.05, 3.63) is 54.1 Å². The summed E-state index contributed by atoms with van der Waals surface area (Å²) >= 11 is 0. The fourth-order valence-corrected chi connectivity index (χ4v) is 2.02. The van der Waals surface area contributed by atoms with Gasteiger partial charge in [0.1, 0.15) is 17.1 Å². The fraction of sp³-hybridized carbons (Fsp3) is 0.250. The molecule has 0 unspecified atom stereocenters. The number of carboxylic acid groups (broad SMARTS) is 1. The second-order valence-electron chi connectivity index (χ2n) is 5.48. The van der Waals surface area contributed by atoms with Gasteiger partial charge in [-0.25, -0.2) is 4.79 Å². The molecule has 0 saturated heterocycles. The molecule has 2 aromatic rings. The van der Waals surface area contributed by atoms with Crippen LogP contribution < -0.4 is 14.8 Å². The molecule has 0 radical (unpaired) electrons. The van der Waals surface area contributed by atoms with Gasteiger partial charge in [0.05, 0.1) is 13.0 Å². The predicted octanol–water partition coefficient (Wildman–Crippen LogP) is 2.98. The Labute approximate surface area is 163 Å². The van der Waals surface area contributed by atoms with Gasteiger partial charge in [0.2, 0.25) is 5.91 Å². The van der Waals surface area contributed by atoms with Gasteiger partial charge in [-0.05, 0) is 30.3 Å². The Morgan fingerprint density at radius 2 is 1.68 bits per heavy atom. The first-order valence-corrected chi connectivity index (χ1v) is 8.31. The molecule has 0 fully saturated rings. The molecule has 150 valence electrons. The van der Waals surface area contributed by atoms with Gasteiger partial charge in [0, 0.05) is 26.8 Å². The third kappa shape index (κ3) is 8.33. The molecule has 2 aromatic carbocycles. The molecule has 1 amide bonds. The lowest BCUT2D eigenvalue weighted by Crippen LogP contribution is -2.16. The van der Waals surface area contributed by atoms with Crippen molar-refractivity contribution in [2.24, 2.45) is 0 Å². The van der Waals surface area contributed by atoms with Crippen molar-refractivity contribution in [1.29, 1.82) is 0 Å². The third-order valence-electron chi connectivity index (χ3n) is 3.09. The van der Waals surface area contributed by atoms with Crippen LogP contribution in [0.4, 0.5) is 5.69 Å². The maximum atomic E-state index is 11.9. The van der Waals surface area contributed by atoms with E-state index in [-0.39, 0.29) is 35.9 Å². The first kappa shape index (κ1) is 22.7. The second-order valence-corrected chi connectivity index (χ2v) is 5.48. The Balaban J connectivity index is 0.00000122. The van der Waals surface area contributed by atoms with E-state index in [9.17, 15) is 19.5 Å². The number of methoxy groups -OCH3 is 1. The number of carboxylic acids is 1. The van der Waals surface area contributed by atoms with E-state index in [0.29, 0.717) is 5.75 Å². The molecule has 0 aromatic heterocycles. The minimum atomic E-state index is -1.26. The highest BCUT2D eigenvalue weighted by Gasteiger charge is 2.15. The van der Waals surface area contributed by atoms with Gasteiger partial charge in [-0.3, -0.25) is 9.59 Å². The molecule has 2 N–H and O–H groups in total. The molecule has 2 rings (SSSR count). The van der Waals surface area contributed by atoms with Crippen LogP contribution in [0.1, 0.15) is 23.7 Å². The molecule has 0 atom stereocenters. The maximum absolute atomic E-state index is 11.9. The summed E-state index contributed by atoms with van der Waals surface area (Å²) in [6.45, 7) is 1.36. The normalized spacial score (nSPS) is 9.54. The largest absolute Gasteiger partial charge is 0.493 e. The second kappa shape index (κ2) is 12.1. The highest BCUT2D eigenvalue weighted by Crippen LogP contribution is 2.23. The van der Waals surface area contributed by atoms with Crippen LogP contribution >= 0.6 is 0 Å². The lowest BCUT2D eigenvalue weighted by atomic mass is 10.1. The number of benzene rings is 2. The molecular weight excluding hydrogens is 366 g/mol. The van der Waals surface area contributed by atoms with Crippen LogP contribution in [0.2, 0.25) is 0 Å². The van der Waals surface area contributed by atoms with Crippen molar-refractivity contribution in [3.63, 3.8) is 0 Å². The number of carbonyl (C=O) groups is 3. The minimum absolute atomic E-state index is 0.0783. The van der Waals surface area contributed by atoms with E-state index in [1.807, 2.05) is 18.2 Å². The summed E-state index contributed by atoms with van der Waals surface area (Å²) in [5.74, 6) is -1.63. The Morgan fingerprint density at radius 3 is 2.25 bits per heavy atom. The van der Waals surface area contributed by atoms with Crippen molar-refractivity contribution in [3.8, 4) is 11.5 Å². The number of ether oxygens (including phenoxy) is 3. The van der Waals surface area contributed by atoms with Crippen LogP contribution in [0.3, 0.4) is 0 Å². The van der Waals surface area contributed by atoms with Crippen LogP contribution in [0.5, 0.6) is 11.5 Å². The van der Waals surface area contributed by atoms with Crippen LogP contribution in [-0.2, 0) is 14.3 Å². The highest BCUT2D eigenvalue weighted by atomic mass is 16.5. The van der Waals surface area contributed by atoms with E-state index in [2.05, 4.69) is 10.1 Å². The zero-order valence-electron chi connectivity index (χ0n) is 15.9. The van der Waals surface area contributed by atoms with E-state index in [1.165, 1.54) is 25.1 Å². The van der Waals surface area contributed by atoms with Crippen LogP contribution in [0, 0.1) is 0 Å². The number of para-hydroxylation sites is 1. The van der Waals surface area contributed by atoms with Gasteiger partial charge in [-0.1, -0.05) is 18.2 Å². The lowest BCUT2D eigenvalue weighted by Gasteiger charge is -2.10. The number of esters is 1. The van der Waals surface area contributed by atoms with Gasteiger partial charge in [-0.2, -0.15) is 0 Å². The SMILES string of the molecule is CC(=O)Oc1ccc(NC(=O)CCOc2ccccc2)cc1C(=O)O.COC. The van der Waals surface area contributed by atoms with Gasteiger partial charge in [-0.15, -0.1) is 0 Å². The topological polar surface area (TPSA) is 111 Å². The molecule has 0 aliphatic carbocycles. The maximum Gasteiger partial charge on any atom is 0.339 e. The number of amides is 1. The predicted molar refractivity (Wildman–Crippen MR) is 103 cm³/mol. The van der Waals surface area contributed by atoms with Crippen LogP contribution in [-0.4, -0.2) is 43.8 Å². The third-order valence-corrected chi connectivity index (χ3v) is 3.09. The highest BCUT2D eigenvalue weighted by molar-refractivity contribution is 5.96. The van der Waals surface area contributed by atoms with E-state index in [1.54, 1.807) is 26.4 Å². The smallest absolute Gasteiger partial charge is 0.339 e. The number of hydrogen-bond donors (Lipinski definition) is 2. The van der Waals surface area contributed by atoms with Crippen molar-refractivity contribution in [2.45, 2.75) is 13.3 Å². The monoisotopic (exact) mass is 389 g/mol. The summed E-state index contributed by atoms with van der Waals surface area (Å²) < 4.78 is 14.5. The zero-order chi connectivity index (χ0) is 20.9. The number of carbonyl (C=O) groups excluding carboxylic acids is 2. The average Bonchev–Trinajstić information content (AvgIpc) is 2.64. The van der Waals surface area contributed by atoms with Crippen LogP contribution in [0.15, 0.2) is 48.5 Å². The lowest BCUT2D eigenvalue weighted by molar-refractivity contribution is -0.131.